The highest BCUT2D eigenvalue weighted by atomic mass is 19.1. The first kappa shape index (κ1) is 14.3. The molecule has 1 aromatic heterocycles. The number of aromatic nitrogens is 1. The molecule has 1 heterocycles. The van der Waals surface area contributed by atoms with E-state index in [9.17, 15) is 9.18 Å². The summed E-state index contributed by atoms with van der Waals surface area (Å²) in [5.74, 6) is -1.25. The van der Waals surface area contributed by atoms with Crippen LogP contribution in [0, 0.1) is 5.82 Å². The molecule has 16 heavy (non-hydrogen) atoms. The molecule has 1 aromatic rings. The summed E-state index contributed by atoms with van der Waals surface area (Å²) in [6.07, 6.45) is 1.65. The van der Waals surface area contributed by atoms with Crippen LogP contribution in [0.5, 0.6) is 0 Å². The quantitative estimate of drug-likeness (QED) is 0.809. The van der Waals surface area contributed by atoms with E-state index in [1.165, 1.54) is 6.42 Å². The van der Waals surface area contributed by atoms with Crippen LogP contribution in [0.3, 0.4) is 0 Å². The van der Waals surface area contributed by atoms with Gasteiger partial charge in [-0.25, -0.2) is 9.37 Å². The lowest BCUT2D eigenvalue weighted by atomic mass is 10.2. The summed E-state index contributed by atoms with van der Waals surface area (Å²) in [5, 5.41) is 0. The zero-order chi connectivity index (χ0) is 12.7. The molecule has 4 nitrogen and oxygen atoms in total. The molecule has 1 amide bonds. The Morgan fingerprint density at radius 2 is 1.94 bits per heavy atom. The van der Waals surface area contributed by atoms with Crippen molar-refractivity contribution < 1.29 is 9.18 Å². The monoisotopic (exact) mass is 227 g/mol. The van der Waals surface area contributed by atoms with E-state index >= 15 is 0 Å². The number of aryl methyl sites for hydroxylation is 1. The molecule has 0 fully saturated rings. The predicted octanol–water partition coefficient (Wildman–Crippen LogP) is 1.88. The van der Waals surface area contributed by atoms with Gasteiger partial charge in [0.05, 0.1) is 11.4 Å². The zero-order valence-electron chi connectivity index (χ0n) is 9.88. The van der Waals surface area contributed by atoms with Gasteiger partial charge in [0.2, 0.25) is 0 Å². The number of nitrogens with zero attached hydrogens (tertiary/aromatic N) is 1. The van der Waals surface area contributed by atoms with E-state index in [0.29, 0.717) is 6.42 Å². The Labute approximate surface area is 94.9 Å². The number of nitrogens with two attached hydrogens (primary N) is 2. The molecule has 0 aliphatic carbocycles. The number of hydrogen-bond donors (Lipinski definition) is 2. The van der Waals surface area contributed by atoms with Crippen molar-refractivity contribution in [3.8, 4) is 0 Å². The number of pyridine rings is 1. The SMILES string of the molecule is CCC.CCc1nc(C(N)=O)c(N)cc1F. The standard InChI is InChI=1S/C8H10FN3O.C3H8/c1-2-6-4(9)3-5(10)7(12-6)8(11)13;1-3-2/h3H,2,10H2,1H3,(H2,11,13);3H2,1-2H3. The Balaban J connectivity index is 0.000000673. The molecule has 0 aliphatic heterocycles. The van der Waals surface area contributed by atoms with Crippen LogP contribution in [0.1, 0.15) is 43.4 Å². The smallest absolute Gasteiger partial charge is 0.269 e. The lowest BCUT2D eigenvalue weighted by molar-refractivity contribution is 0.0996. The molecule has 0 unspecified atom stereocenters. The number of carbonyl (C=O) groups is 1. The molecule has 0 saturated heterocycles. The molecule has 0 bridgehead atoms. The van der Waals surface area contributed by atoms with Crippen LogP contribution in [0.4, 0.5) is 10.1 Å². The Morgan fingerprint density at radius 3 is 2.31 bits per heavy atom. The van der Waals surface area contributed by atoms with E-state index in [2.05, 4.69) is 18.8 Å². The number of anilines is 1. The first-order valence-electron chi connectivity index (χ1n) is 5.22. The molecule has 0 aliphatic rings. The summed E-state index contributed by atoms with van der Waals surface area (Å²) in [7, 11) is 0. The van der Waals surface area contributed by atoms with Gasteiger partial charge in [-0.3, -0.25) is 4.79 Å². The number of amides is 1. The summed E-state index contributed by atoms with van der Waals surface area (Å²) < 4.78 is 13.0. The van der Waals surface area contributed by atoms with Crippen molar-refractivity contribution in [1.82, 2.24) is 4.98 Å². The first-order chi connectivity index (χ1) is 7.47. The summed E-state index contributed by atoms with van der Waals surface area (Å²) in [5.41, 5.74) is 10.4. The Morgan fingerprint density at radius 1 is 1.44 bits per heavy atom. The molecule has 0 saturated carbocycles. The molecule has 0 spiro atoms. The van der Waals surface area contributed by atoms with Gasteiger partial charge in [0, 0.05) is 6.07 Å². The minimum atomic E-state index is -0.743. The molecule has 4 N–H and O–H groups in total. The highest BCUT2D eigenvalue weighted by molar-refractivity contribution is 5.95. The first-order valence-corrected chi connectivity index (χ1v) is 5.22. The topological polar surface area (TPSA) is 82.0 Å². The van der Waals surface area contributed by atoms with E-state index in [1.807, 2.05) is 0 Å². The molecule has 0 atom stereocenters. The van der Waals surface area contributed by atoms with Crippen LogP contribution in [-0.4, -0.2) is 10.9 Å². The van der Waals surface area contributed by atoms with Gasteiger partial charge in [-0.15, -0.1) is 0 Å². The second-order valence-electron chi connectivity index (χ2n) is 3.28. The third-order valence-corrected chi connectivity index (χ3v) is 1.65. The number of halogens is 1. The van der Waals surface area contributed by atoms with E-state index in [0.717, 1.165) is 6.07 Å². The second kappa shape index (κ2) is 6.76. The fraction of sp³-hybridized carbons (Fsp3) is 0.455. The number of primary amides is 1. The van der Waals surface area contributed by atoms with Crippen molar-refractivity contribution in [1.29, 1.82) is 0 Å². The summed E-state index contributed by atoms with van der Waals surface area (Å²) in [6.45, 7) is 5.98. The van der Waals surface area contributed by atoms with Crippen LogP contribution in [0.25, 0.3) is 0 Å². The van der Waals surface area contributed by atoms with E-state index in [-0.39, 0.29) is 17.1 Å². The number of hydrogen-bond acceptors (Lipinski definition) is 3. The zero-order valence-corrected chi connectivity index (χ0v) is 9.88. The van der Waals surface area contributed by atoms with Gasteiger partial charge in [0.25, 0.3) is 5.91 Å². The molecule has 1 rings (SSSR count). The van der Waals surface area contributed by atoms with Crippen LogP contribution < -0.4 is 11.5 Å². The summed E-state index contributed by atoms with van der Waals surface area (Å²) in [4.78, 5) is 14.5. The normalized spacial score (nSPS) is 9.25. The number of carbonyl (C=O) groups excluding carboxylic acids is 1. The predicted molar refractivity (Wildman–Crippen MR) is 62.5 cm³/mol. The van der Waals surface area contributed by atoms with Gasteiger partial charge in [-0.2, -0.15) is 0 Å². The average Bonchev–Trinajstić information content (AvgIpc) is 2.18. The van der Waals surface area contributed by atoms with Gasteiger partial charge >= 0.3 is 0 Å². The van der Waals surface area contributed by atoms with Gasteiger partial charge < -0.3 is 11.5 Å². The Kier molecular flexibility index (Phi) is 6.07. The van der Waals surface area contributed by atoms with Crippen LogP contribution >= 0.6 is 0 Å². The minimum Gasteiger partial charge on any atom is -0.397 e. The van der Waals surface area contributed by atoms with E-state index < -0.39 is 11.7 Å². The molecule has 5 heteroatoms. The Hall–Kier alpha value is -1.65. The molecular weight excluding hydrogens is 209 g/mol. The van der Waals surface area contributed by atoms with Crippen molar-refractivity contribution in [2.24, 2.45) is 5.73 Å². The third-order valence-electron chi connectivity index (χ3n) is 1.65. The van der Waals surface area contributed by atoms with Crippen molar-refractivity contribution in [2.45, 2.75) is 33.6 Å². The van der Waals surface area contributed by atoms with Gasteiger partial charge in [0.15, 0.2) is 5.69 Å². The maximum absolute atomic E-state index is 13.0. The molecule has 0 aromatic carbocycles. The van der Waals surface area contributed by atoms with E-state index in [4.69, 9.17) is 11.5 Å². The molecular formula is C11H18FN3O. The van der Waals surface area contributed by atoms with Crippen molar-refractivity contribution >= 4 is 11.6 Å². The maximum Gasteiger partial charge on any atom is 0.269 e. The third kappa shape index (κ3) is 3.84. The van der Waals surface area contributed by atoms with Gasteiger partial charge in [0.1, 0.15) is 5.82 Å². The average molecular weight is 227 g/mol. The van der Waals surface area contributed by atoms with Crippen LogP contribution in [-0.2, 0) is 6.42 Å². The Bertz CT molecular complexity index is 366. The molecule has 0 radical (unpaired) electrons. The highest BCUT2D eigenvalue weighted by Crippen LogP contribution is 2.13. The van der Waals surface area contributed by atoms with Crippen LogP contribution in [0.15, 0.2) is 6.07 Å². The number of nitrogen functional groups attached to an aromatic ring is 1. The molecule has 90 valence electrons. The highest BCUT2D eigenvalue weighted by Gasteiger charge is 2.12. The van der Waals surface area contributed by atoms with Gasteiger partial charge in [-0.05, 0) is 6.42 Å². The summed E-state index contributed by atoms with van der Waals surface area (Å²) >= 11 is 0. The van der Waals surface area contributed by atoms with E-state index in [1.54, 1.807) is 6.92 Å². The minimum absolute atomic E-state index is 0.0257. The fourth-order valence-corrected chi connectivity index (χ4v) is 0.986. The number of rotatable bonds is 2. The summed E-state index contributed by atoms with van der Waals surface area (Å²) in [6, 6.07) is 1.06. The van der Waals surface area contributed by atoms with Crippen molar-refractivity contribution in [3.63, 3.8) is 0 Å². The maximum atomic E-state index is 13.0. The lowest BCUT2D eigenvalue weighted by Gasteiger charge is -2.04. The van der Waals surface area contributed by atoms with Crippen LogP contribution in [0.2, 0.25) is 0 Å². The largest absolute Gasteiger partial charge is 0.397 e. The van der Waals surface area contributed by atoms with Crippen molar-refractivity contribution in [2.75, 3.05) is 5.73 Å². The lowest BCUT2D eigenvalue weighted by Crippen LogP contribution is -2.17. The van der Waals surface area contributed by atoms with Crippen molar-refractivity contribution in [3.05, 3.63) is 23.3 Å². The second-order valence-corrected chi connectivity index (χ2v) is 3.28. The van der Waals surface area contributed by atoms with Gasteiger partial charge in [-0.1, -0.05) is 27.2 Å². The fourth-order valence-electron chi connectivity index (χ4n) is 0.986.